The van der Waals surface area contributed by atoms with Crippen LogP contribution in [0.1, 0.15) is 17.9 Å². The second kappa shape index (κ2) is 5.09. The maximum Gasteiger partial charge on any atom is 0.197 e. The lowest BCUT2D eigenvalue weighted by Gasteiger charge is -2.11. The Bertz CT molecular complexity index is 408. The lowest BCUT2D eigenvalue weighted by atomic mass is 10.2. The SMILES string of the molecule is Cc1cc(NC2=NCC(CCN)N2)nc(C)n1. The summed E-state index contributed by atoms with van der Waals surface area (Å²) in [4.78, 5) is 12.9. The Morgan fingerprint density at radius 1 is 1.47 bits per heavy atom. The Balaban J connectivity index is 1.98. The minimum absolute atomic E-state index is 0.339. The smallest absolute Gasteiger partial charge is 0.197 e. The predicted molar refractivity (Wildman–Crippen MR) is 68.0 cm³/mol. The molecule has 1 aliphatic heterocycles. The van der Waals surface area contributed by atoms with E-state index in [4.69, 9.17) is 5.73 Å². The highest BCUT2D eigenvalue weighted by Crippen LogP contribution is 2.07. The molecular formula is C11H18N6. The zero-order chi connectivity index (χ0) is 12.3. The van der Waals surface area contributed by atoms with E-state index in [0.29, 0.717) is 12.6 Å². The topological polar surface area (TPSA) is 88.2 Å². The van der Waals surface area contributed by atoms with E-state index in [1.165, 1.54) is 0 Å². The molecular weight excluding hydrogens is 216 g/mol. The summed E-state index contributed by atoms with van der Waals surface area (Å²) in [6, 6.07) is 2.24. The molecule has 1 aromatic heterocycles. The highest BCUT2D eigenvalue weighted by atomic mass is 15.3. The molecule has 6 nitrogen and oxygen atoms in total. The standard InChI is InChI=1S/C11H18N6/c1-7-5-10(15-8(2)14-7)17-11-13-6-9(16-11)3-4-12/h5,9H,3-4,6,12H2,1-2H3,(H2,13,14,15,16,17). The summed E-state index contributed by atoms with van der Waals surface area (Å²) in [5.41, 5.74) is 6.46. The van der Waals surface area contributed by atoms with Crippen molar-refractivity contribution in [2.24, 2.45) is 10.7 Å². The summed E-state index contributed by atoms with van der Waals surface area (Å²) in [5, 5.41) is 6.44. The Labute approximate surface area is 101 Å². The van der Waals surface area contributed by atoms with Crippen LogP contribution >= 0.6 is 0 Å². The molecule has 0 bridgehead atoms. The second-order valence-corrected chi connectivity index (χ2v) is 4.17. The van der Waals surface area contributed by atoms with Crippen LogP contribution in [0.25, 0.3) is 0 Å². The van der Waals surface area contributed by atoms with Crippen LogP contribution in [0.2, 0.25) is 0 Å². The second-order valence-electron chi connectivity index (χ2n) is 4.17. The maximum absolute atomic E-state index is 5.51. The van der Waals surface area contributed by atoms with Gasteiger partial charge < -0.3 is 16.4 Å². The largest absolute Gasteiger partial charge is 0.351 e. The van der Waals surface area contributed by atoms with Crippen LogP contribution in [0.5, 0.6) is 0 Å². The maximum atomic E-state index is 5.51. The number of aryl methyl sites for hydroxylation is 2. The van der Waals surface area contributed by atoms with Crippen LogP contribution in [0, 0.1) is 13.8 Å². The molecule has 2 rings (SSSR count). The first-order chi connectivity index (χ1) is 8.17. The highest BCUT2D eigenvalue weighted by molar-refractivity contribution is 5.94. The van der Waals surface area contributed by atoms with Crippen molar-refractivity contribution in [2.45, 2.75) is 26.3 Å². The van der Waals surface area contributed by atoms with Crippen molar-refractivity contribution in [3.63, 3.8) is 0 Å². The third-order valence-electron chi connectivity index (χ3n) is 2.54. The summed E-state index contributed by atoms with van der Waals surface area (Å²) in [5.74, 6) is 2.29. The summed E-state index contributed by atoms with van der Waals surface area (Å²) in [6.07, 6.45) is 0.927. The number of aromatic nitrogens is 2. The van der Waals surface area contributed by atoms with Gasteiger partial charge in [0.2, 0.25) is 0 Å². The van der Waals surface area contributed by atoms with Crippen LogP contribution in [-0.4, -0.2) is 35.1 Å². The molecule has 0 radical (unpaired) electrons. The molecule has 0 spiro atoms. The van der Waals surface area contributed by atoms with E-state index in [9.17, 15) is 0 Å². The molecule has 0 aromatic carbocycles. The molecule has 1 atom stereocenters. The number of hydrogen-bond donors (Lipinski definition) is 3. The van der Waals surface area contributed by atoms with Gasteiger partial charge in [0, 0.05) is 17.8 Å². The van der Waals surface area contributed by atoms with Crippen molar-refractivity contribution < 1.29 is 0 Å². The number of hydrogen-bond acceptors (Lipinski definition) is 6. The van der Waals surface area contributed by atoms with E-state index >= 15 is 0 Å². The van der Waals surface area contributed by atoms with Gasteiger partial charge in [0.1, 0.15) is 11.6 Å². The van der Waals surface area contributed by atoms with Crippen LogP contribution in [0.3, 0.4) is 0 Å². The first-order valence-electron chi connectivity index (χ1n) is 5.78. The molecule has 17 heavy (non-hydrogen) atoms. The molecule has 0 aliphatic carbocycles. The fourth-order valence-electron chi connectivity index (χ4n) is 1.83. The van der Waals surface area contributed by atoms with Crippen molar-refractivity contribution in [3.05, 3.63) is 17.6 Å². The molecule has 1 unspecified atom stereocenters. The van der Waals surface area contributed by atoms with Gasteiger partial charge in [0.25, 0.3) is 0 Å². The van der Waals surface area contributed by atoms with Crippen LogP contribution in [0.15, 0.2) is 11.1 Å². The molecule has 2 heterocycles. The Hall–Kier alpha value is -1.69. The van der Waals surface area contributed by atoms with E-state index in [2.05, 4.69) is 25.6 Å². The van der Waals surface area contributed by atoms with E-state index in [-0.39, 0.29) is 0 Å². The monoisotopic (exact) mass is 234 g/mol. The van der Waals surface area contributed by atoms with Crippen LogP contribution < -0.4 is 16.4 Å². The van der Waals surface area contributed by atoms with Gasteiger partial charge in [-0.15, -0.1) is 0 Å². The van der Waals surface area contributed by atoms with Gasteiger partial charge in [-0.2, -0.15) is 0 Å². The molecule has 0 saturated carbocycles. The van der Waals surface area contributed by atoms with Crippen molar-refractivity contribution in [1.82, 2.24) is 15.3 Å². The molecule has 1 aromatic rings. The lowest BCUT2D eigenvalue weighted by Crippen LogP contribution is -2.35. The van der Waals surface area contributed by atoms with Gasteiger partial charge >= 0.3 is 0 Å². The predicted octanol–water partition coefficient (Wildman–Crippen LogP) is 0.182. The molecule has 4 N–H and O–H groups in total. The fraction of sp³-hybridized carbons (Fsp3) is 0.545. The van der Waals surface area contributed by atoms with Crippen LogP contribution in [-0.2, 0) is 0 Å². The van der Waals surface area contributed by atoms with Gasteiger partial charge in [0.05, 0.1) is 6.54 Å². The zero-order valence-electron chi connectivity index (χ0n) is 10.2. The minimum Gasteiger partial charge on any atom is -0.351 e. The van der Waals surface area contributed by atoms with Crippen LogP contribution in [0.4, 0.5) is 5.82 Å². The summed E-state index contributed by atoms with van der Waals surface area (Å²) >= 11 is 0. The molecule has 0 amide bonds. The van der Waals surface area contributed by atoms with E-state index in [1.54, 1.807) is 0 Å². The highest BCUT2D eigenvalue weighted by Gasteiger charge is 2.16. The van der Waals surface area contributed by atoms with Crippen molar-refractivity contribution in [1.29, 1.82) is 0 Å². The van der Waals surface area contributed by atoms with Crippen molar-refractivity contribution in [3.8, 4) is 0 Å². The Kier molecular flexibility index (Phi) is 3.53. The van der Waals surface area contributed by atoms with Gasteiger partial charge in [-0.1, -0.05) is 0 Å². The fourth-order valence-corrected chi connectivity index (χ4v) is 1.83. The third-order valence-corrected chi connectivity index (χ3v) is 2.54. The molecule has 1 aliphatic rings. The van der Waals surface area contributed by atoms with E-state index < -0.39 is 0 Å². The number of anilines is 1. The van der Waals surface area contributed by atoms with E-state index in [1.807, 2.05) is 19.9 Å². The average Bonchev–Trinajstić information content (AvgIpc) is 2.64. The number of nitrogens with two attached hydrogens (primary N) is 1. The number of guanidine groups is 1. The minimum atomic E-state index is 0.339. The van der Waals surface area contributed by atoms with Gasteiger partial charge in [0.15, 0.2) is 5.96 Å². The zero-order valence-corrected chi connectivity index (χ0v) is 10.2. The number of nitrogens with one attached hydrogen (secondary N) is 2. The van der Waals surface area contributed by atoms with Gasteiger partial charge in [-0.05, 0) is 26.8 Å². The van der Waals surface area contributed by atoms with Crippen molar-refractivity contribution in [2.75, 3.05) is 18.4 Å². The lowest BCUT2D eigenvalue weighted by molar-refractivity contribution is 0.609. The molecule has 92 valence electrons. The van der Waals surface area contributed by atoms with E-state index in [0.717, 1.165) is 36.3 Å². The number of rotatable bonds is 3. The summed E-state index contributed by atoms with van der Waals surface area (Å²) < 4.78 is 0. The average molecular weight is 234 g/mol. The Morgan fingerprint density at radius 3 is 3.00 bits per heavy atom. The van der Waals surface area contributed by atoms with Gasteiger partial charge in [-0.3, -0.25) is 4.99 Å². The normalized spacial score (nSPS) is 18.8. The molecule has 0 saturated heterocycles. The number of aliphatic imine (C=N–C) groups is 1. The molecule has 0 fully saturated rings. The summed E-state index contributed by atoms with van der Waals surface area (Å²) in [6.45, 7) is 5.26. The summed E-state index contributed by atoms with van der Waals surface area (Å²) in [7, 11) is 0. The quantitative estimate of drug-likeness (QED) is 0.694. The first-order valence-corrected chi connectivity index (χ1v) is 5.78. The molecule has 6 heteroatoms. The first kappa shape index (κ1) is 11.8. The number of nitrogens with zero attached hydrogens (tertiary/aromatic N) is 3. The third kappa shape index (κ3) is 3.13. The van der Waals surface area contributed by atoms with Crippen molar-refractivity contribution >= 4 is 11.8 Å². The van der Waals surface area contributed by atoms with Gasteiger partial charge in [-0.25, -0.2) is 9.97 Å². The Morgan fingerprint density at radius 2 is 2.29 bits per heavy atom.